The van der Waals surface area contributed by atoms with Gasteiger partial charge in [0.25, 0.3) is 0 Å². The fourth-order valence-electron chi connectivity index (χ4n) is 1.41. The fraction of sp³-hybridized carbons (Fsp3) is 0.400. The molecule has 0 heterocycles. The van der Waals surface area contributed by atoms with Crippen molar-refractivity contribution in [2.45, 2.75) is 24.1 Å². The van der Waals surface area contributed by atoms with E-state index < -0.39 is 29.6 Å². The van der Waals surface area contributed by atoms with Crippen molar-refractivity contribution in [3.8, 4) is 0 Å². The maximum Gasteiger partial charge on any atom is 0.424 e. The summed E-state index contributed by atoms with van der Waals surface area (Å²) in [5, 5.41) is 18.1. The molecule has 0 spiro atoms. The summed E-state index contributed by atoms with van der Waals surface area (Å²) in [4.78, 5) is 0. The molecule has 0 saturated heterocycles. The molecule has 2 unspecified atom stereocenters. The zero-order valence-corrected chi connectivity index (χ0v) is 8.63. The molecule has 0 fully saturated rings. The van der Waals surface area contributed by atoms with E-state index in [1.54, 1.807) is 0 Å². The molecule has 2 nitrogen and oxygen atoms in total. The Balaban J connectivity index is 3.38. The van der Waals surface area contributed by atoms with Crippen molar-refractivity contribution in [3.05, 3.63) is 35.9 Å². The lowest BCUT2D eigenvalue weighted by Gasteiger charge is -2.35. The maximum absolute atomic E-state index is 12.7. The fourth-order valence-corrected chi connectivity index (χ4v) is 1.41. The van der Waals surface area contributed by atoms with Crippen LogP contribution >= 0.6 is 0 Å². The number of aliphatic hydroxyl groups excluding tert-OH is 1. The first kappa shape index (κ1) is 14.8. The van der Waals surface area contributed by atoms with Crippen LogP contribution in [0.25, 0.3) is 0 Å². The molecule has 0 amide bonds. The number of hydrogen-bond acceptors (Lipinski definition) is 2. The third-order valence-electron chi connectivity index (χ3n) is 2.35. The van der Waals surface area contributed by atoms with Crippen LogP contribution in [-0.4, -0.2) is 28.7 Å². The van der Waals surface area contributed by atoms with E-state index in [2.05, 4.69) is 0 Å². The number of benzene rings is 1. The van der Waals surface area contributed by atoms with E-state index in [1.807, 2.05) is 0 Å². The van der Waals surface area contributed by atoms with Crippen molar-refractivity contribution in [2.24, 2.45) is 0 Å². The van der Waals surface area contributed by atoms with Crippen LogP contribution in [-0.2, 0) is 5.60 Å². The number of alkyl halides is 6. The smallest absolute Gasteiger partial charge is 0.381 e. The summed E-state index contributed by atoms with van der Waals surface area (Å²) in [6.07, 6.45) is -15.3. The zero-order valence-electron chi connectivity index (χ0n) is 8.63. The van der Waals surface area contributed by atoms with E-state index >= 15 is 0 Å². The number of hydrogen-bond donors (Lipinski definition) is 2. The predicted octanol–water partition coefficient (Wildman–Crippen LogP) is 2.36. The molecular formula is C10H8F6O2. The van der Waals surface area contributed by atoms with Crippen LogP contribution in [0.4, 0.5) is 26.3 Å². The van der Waals surface area contributed by atoms with Crippen LogP contribution in [0.3, 0.4) is 0 Å². The number of halogens is 6. The minimum Gasteiger partial charge on any atom is -0.381 e. The summed E-state index contributed by atoms with van der Waals surface area (Å²) < 4.78 is 74.7. The van der Waals surface area contributed by atoms with Gasteiger partial charge in [0.05, 0.1) is 0 Å². The van der Waals surface area contributed by atoms with E-state index in [0.29, 0.717) is 12.1 Å². The molecule has 0 aromatic heterocycles. The molecule has 1 aromatic rings. The van der Waals surface area contributed by atoms with Crippen molar-refractivity contribution in [2.75, 3.05) is 0 Å². The highest BCUT2D eigenvalue weighted by Crippen LogP contribution is 2.46. The second kappa shape index (κ2) is 4.43. The molecule has 0 bridgehead atoms. The number of aliphatic hydroxyl groups is 2. The van der Waals surface area contributed by atoms with Crippen molar-refractivity contribution >= 4 is 0 Å². The Kier molecular flexibility index (Phi) is 3.64. The molecular weight excluding hydrogens is 266 g/mol. The Morgan fingerprint density at radius 2 is 1.33 bits per heavy atom. The standard InChI is InChI=1S/C10H8F6O2/c11-9(12,13)7(17)8(18,10(14,15)16)6-4-2-1-3-5-6/h1-5,7,17-18H. The summed E-state index contributed by atoms with van der Waals surface area (Å²) in [6.45, 7) is 0. The van der Waals surface area contributed by atoms with Gasteiger partial charge in [0.1, 0.15) is 0 Å². The Bertz CT molecular complexity index is 399. The molecule has 0 aliphatic carbocycles. The van der Waals surface area contributed by atoms with Gasteiger partial charge in [-0.3, -0.25) is 0 Å². The molecule has 1 rings (SSSR count). The molecule has 0 aliphatic heterocycles. The SMILES string of the molecule is OC(C(F)(F)F)C(O)(c1ccccc1)C(F)(F)F. The van der Waals surface area contributed by atoms with Crippen LogP contribution in [0, 0.1) is 0 Å². The molecule has 0 saturated carbocycles. The second-order valence-corrected chi connectivity index (χ2v) is 3.57. The molecule has 1 aromatic carbocycles. The van der Waals surface area contributed by atoms with E-state index in [9.17, 15) is 31.4 Å². The van der Waals surface area contributed by atoms with Gasteiger partial charge in [-0.05, 0) is 5.56 Å². The highest BCUT2D eigenvalue weighted by Gasteiger charge is 2.66. The first-order valence-electron chi connectivity index (χ1n) is 4.60. The van der Waals surface area contributed by atoms with Gasteiger partial charge in [-0.2, -0.15) is 26.3 Å². The summed E-state index contributed by atoms with van der Waals surface area (Å²) in [5.74, 6) is 0. The molecule has 0 radical (unpaired) electrons. The van der Waals surface area contributed by atoms with Gasteiger partial charge in [0.15, 0.2) is 6.10 Å². The van der Waals surface area contributed by atoms with Crippen LogP contribution in [0.2, 0.25) is 0 Å². The predicted molar refractivity (Wildman–Crippen MR) is 48.5 cm³/mol. The van der Waals surface area contributed by atoms with E-state index in [1.165, 1.54) is 6.07 Å². The Hall–Kier alpha value is -1.28. The minimum atomic E-state index is -5.68. The third-order valence-corrected chi connectivity index (χ3v) is 2.35. The molecule has 2 atom stereocenters. The van der Waals surface area contributed by atoms with Crippen molar-refractivity contribution < 1.29 is 36.6 Å². The van der Waals surface area contributed by atoms with Crippen LogP contribution in [0.5, 0.6) is 0 Å². The Morgan fingerprint density at radius 3 is 1.67 bits per heavy atom. The summed E-state index contributed by atoms with van der Waals surface area (Å²) >= 11 is 0. The molecule has 102 valence electrons. The third kappa shape index (κ3) is 2.44. The van der Waals surface area contributed by atoms with Crippen molar-refractivity contribution in [1.82, 2.24) is 0 Å². The highest BCUT2D eigenvalue weighted by atomic mass is 19.4. The summed E-state index contributed by atoms with van der Waals surface area (Å²) in [5.41, 5.74) is -5.48. The second-order valence-electron chi connectivity index (χ2n) is 3.57. The Morgan fingerprint density at radius 1 is 0.889 bits per heavy atom. The van der Waals surface area contributed by atoms with E-state index in [-0.39, 0.29) is 0 Å². The van der Waals surface area contributed by atoms with Crippen LogP contribution in [0.15, 0.2) is 30.3 Å². The van der Waals surface area contributed by atoms with Crippen LogP contribution in [0.1, 0.15) is 5.56 Å². The monoisotopic (exact) mass is 274 g/mol. The van der Waals surface area contributed by atoms with Gasteiger partial charge in [0.2, 0.25) is 5.60 Å². The van der Waals surface area contributed by atoms with Gasteiger partial charge in [-0.1, -0.05) is 30.3 Å². The molecule has 2 N–H and O–H groups in total. The summed E-state index contributed by atoms with van der Waals surface area (Å²) in [6, 6.07) is 4.62. The maximum atomic E-state index is 12.7. The first-order valence-corrected chi connectivity index (χ1v) is 4.60. The topological polar surface area (TPSA) is 40.5 Å². The van der Waals surface area contributed by atoms with Gasteiger partial charge in [-0.15, -0.1) is 0 Å². The quantitative estimate of drug-likeness (QED) is 0.813. The number of rotatable bonds is 2. The average molecular weight is 274 g/mol. The van der Waals surface area contributed by atoms with Gasteiger partial charge in [-0.25, -0.2) is 0 Å². The highest BCUT2D eigenvalue weighted by molar-refractivity contribution is 5.26. The summed E-state index contributed by atoms with van der Waals surface area (Å²) in [7, 11) is 0. The van der Waals surface area contributed by atoms with Gasteiger partial charge >= 0.3 is 12.4 Å². The zero-order chi connectivity index (χ0) is 14.2. The minimum absolute atomic E-state index is 0.655. The van der Waals surface area contributed by atoms with Gasteiger partial charge in [0, 0.05) is 0 Å². The van der Waals surface area contributed by atoms with Gasteiger partial charge < -0.3 is 10.2 Å². The van der Waals surface area contributed by atoms with Crippen LogP contribution < -0.4 is 0 Å². The first-order chi connectivity index (χ1) is 8.01. The van der Waals surface area contributed by atoms with E-state index in [0.717, 1.165) is 12.1 Å². The lowest BCUT2D eigenvalue weighted by molar-refractivity contribution is -0.347. The lowest BCUT2D eigenvalue weighted by atomic mass is 9.87. The molecule has 8 heteroatoms. The largest absolute Gasteiger partial charge is 0.424 e. The average Bonchev–Trinajstić information content (AvgIpc) is 2.25. The van der Waals surface area contributed by atoms with E-state index in [4.69, 9.17) is 5.11 Å². The lowest BCUT2D eigenvalue weighted by Crippen LogP contribution is -2.57. The van der Waals surface area contributed by atoms with Crippen molar-refractivity contribution in [3.63, 3.8) is 0 Å². The van der Waals surface area contributed by atoms with Crippen molar-refractivity contribution in [1.29, 1.82) is 0 Å². The Labute approximate surface area is 97.5 Å². The molecule has 18 heavy (non-hydrogen) atoms. The molecule has 0 aliphatic rings. The normalized spacial score (nSPS) is 18.2.